The average Bonchev–Trinajstić information content (AvgIpc) is 2.47. The van der Waals surface area contributed by atoms with Crippen LogP contribution in [-0.4, -0.2) is 13.4 Å². The molecule has 0 aliphatic rings. The van der Waals surface area contributed by atoms with E-state index < -0.39 is 15.7 Å². The van der Waals surface area contributed by atoms with Crippen molar-refractivity contribution >= 4 is 67.1 Å². The summed E-state index contributed by atoms with van der Waals surface area (Å²) in [6, 6.07) is 6.29. The number of pyridine rings is 1. The Balaban J connectivity index is 2.31. The number of hydrogen-bond acceptors (Lipinski definition) is 3. The number of rotatable bonds is 2. The topological polar surface area (TPSA) is 47.0 Å². The highest BCUT2D eigenvalue weighted by Gasteiger charge is 2.24. The maximum atomic E-state index is 13.9. The van der Waals surface area contributed by atoms with Gasteiger partial charge in [-0.1, -0.05) is 46.4 Å². The fraction of sp³-hybridized carbons (Fsp3) is 0. The molecule has 9 heteroatoms. The van der Waals surface area contributed by atoms with Crippen molar-refractivity contribution in [3.63, 3.8) is 0 Å². The van der Waals surface area contributed by atoms with E-state index in [2.05, 4.69) is 4.98 Å². The van der Waals surface area contributed by atoms with Gasteiger partial charge in [0.05, 0.1) is 9.92 Å². The predicted molar refractivity (Wildman–Crippen MR) is 93.6 cm³/mol. The van der Waals surface area contributed by atoms with Gasteiger partial charge in [0.25, 0.3) is 0 Å². The third kappa shape index (κ3) is 3.07. The molecule has 3 aromatic rings. The molecule has 1 heterocycles. The Morgan fingerprint density at radius 2 is 1.46 bits per heavy atom. The van der Waals surface area contributed by atoms with Gasteiger partial charge in [-0.05, 0) is 30.3 Å². The molecule has 0 amide bonds. The van der Waals surface area contributed by atoms with E-state index in [4.69, 9.17) is 46.4 Å². The van der Waals surface area contributed by atoms with Crippen LogP contribution in [0.3, 0.4) is 0 Å². The second-order valence-corrected chi connectivity index (χ2v) is 8.43. The van der Waals surface area contributed by atoms with Gasteiger partial charge < -0.3 is 0 Å². The molecule has 0 aliphatic carbocycles. The number of sulfone groups is 1. The van der Waals surface area contributed by atoms with E-state index in [0.29, 0.717) is 0 Å². The van der Waals surface area contributed by atoms with Gasteiger partial charge in [0.15, 0.2) is 5.82 Å². The molecule has 0 N–H and O–H groups in total. The summed E-state index contributed by atoms with van der Waals surface area (Å²) in [4.78, 5) is 3.41. The fourth-order valence-corrected chi connectivity index (χ4v) is 4.89. The van der Waals surface area contributed by atoms with E-state index in [9.17, 15) is 12.8 Å². The molecular weight excluding hydrogens is 419 g/mol. The summed E-state index contributed by atoms with van der Waals surface area (Å²) >= 11 is 23.7. The lowest BCUT2D eigenvalue weighted by Gasteiger charge is -2.10. The van der Waals surface area contributed by atoms with Gasteiger partial charge in [-0.3, -0.25) is 4.98 Å². The van der Waals surface area contributed by atoms with Gasteiger partial charge in [0.2, 0.25) is 9.84 Å². The summed E-state index contributed by atoms with van der Waals surface area (Å²) < 4.78 is 39.5. The maximum Gasteiger partial charge on any atom is 0.209 e. The van der Waals surface area contributed by atoms with Crippen LogP contribution in [0.15, 0.2) is 46.3 Å². The number of fused-ring (bicyclic) bond motifs is 1. The summed E-state index contributed by atoms with van der Waals surface area (Å²) in [6.07, 6.45) is 0.992. The Morgan fingerprint density at radius 1 is 0.875 bits per heavy atom. The van der Waals surface area contributed by atoms with Crippen molar-refractivity contribution in [3.8, 4) is 0 Å². The average molecular weight is 425 g/mol. The molecule has 3 rings (SSSR count). The molecule has 0 bridgehead atoms. The van der Waals surface area contributed by atoms with Crippen molar-refractivity contribution < 1.29 is 12.8 Å². The molecule has 0 unspecified atom stereocenters. The first-order valence-corrected chi connectivity index (χ1v) is 9.34. The minimum absolute atomic E-state index is 0.0732. The van der Waals surface area contributed by atoms with Gasteiger partial charge in [0.1, 0.15) is 10.4 Å². The van der Waals surface area contributed by atoms with Crippen molar-refractivity contribution in [2.24, 2.45) is 0 Å². The van der Waals surface area contributed by atoms with Gasteiger partial charge in [-0.25, -0.2) is 12.8 Å². The van der Waals surface area contributed by atoms with Crippen LogP contribution in [-0.2, 0) is 9.84 Å². The van der Waals surface area contributed by atoms with E-state index in [1.807, 2.05) is 0 Å². The van der Waals surface area contributed by atoms with Gasteiger partial charge in [-0.15, -0.1) is 0 Å². The molecule has 0 atom stereocenters. The lowest BCUT2D eigenvalue weighted by Crippen LogP contribution is -2.04. The zero-order valence-corrected chi connectivity index (χ0v) is 15.4. The molecular formula is C15H6Cl4FNO2S. The van der Waals surface area contributed by atoms with Crippen LogP contribution in [0.5, 0.6) is 0 Å². The minimum atomic E-state index is -4.06. The number of hydrogen-bond donors (Lipinski definition) is 0. The quantitative estimate of drug-likeness (QED) is 0.520. The van der Waals surface area contributed by atoms with Crippen LogP contribution >= 0.6 is 46.4 Å². The molecule has 0 spiro atoms. The predicted octanol–water partition coefficient (Wildman–Crippen LogP) is 5.82. The maximum absolute atomic E-state index is 13.9. The molecule has 0 saturated heterocycles. The molecule has 124 valence electrons. The first kappa shape index (κ1) is 17.7. The standard InChI is InChI=1S/C15H6Cl4FNO2S/c16-7-1-8(17)3-10(2-7)24(22,23)13-6-21-15-11(14(13)19)4-9(18)5-12(15)20/h1-6H. The molecule has 0 aliphatic heterocycles. The minimum Gasteiger partial charge on any atom is -0.252 e. The summed E-state index contributed by atoms with van der Waals surface area (Å²) in [5, 5.41) is 0.289. The molecule has 0 fully saturated rings. The van der Waals surface area contributed by atoms with Gasteiger partial charge >= 0.3 is 0 Å². The molecule has 2 aromatic carbocycles. The first-order valence-electron chi connectivity index (χ1n) is 6.34. The van der Waals surface area contributed by atoms with Crippen LogP contribution in [0.4, 0.5) is 4.39 Å². The Morgan fingerprint density at radius 3 is 2.08 bits per heavy atom. The number of nitrogens with zero attached hydrogens (tertiary/aromatic N) is 1. The number of benzene rings is 2. The van der Waals surface area contributed by atoms with Crippen LogP contribution in [0.25, 0.3) is 10.9 Å². The smallest absolute Gasteiger partial charge is 0.209 e. The van der Waals surface area contributed by atoms with E-state index in [0.717, 1.165) is 12.3 Å². The van der Waals surface area contributed by atoms with E-state index >= 15 is 0 Å². The van der Waals surface area contributed by atoms with E-state index in [1.54, 1.807) is 0 Å². The zero-order chi connectivity index (χ0) is 17.6. The highest BCUT2D eigenvalue weighted by molar-refractivity contribution is 7.91. The number of halogens is 5. The van der Waals surface area contributed by atoms with Gasteiger partial charge in [0, 0.05) is 26.7 Å². The molecule has 1 aromatic heterocycles. The fourth-order valence-electron chi connectivity index (χ4n) is 2.18. The Bertz CT molecular complexity index is 1070. The van der Waals surface area contributed by atoms with Gasteiger partial charge in [-0.2, -0.15) is 0 Å². The summed E-state index contributed by atoms with van der Waals surface area (Å²) in [6.45, 7) is 0. The molecule has 3 nitrogen and oxygen atoms in total. The first-order chi connectivity index (χ1) is 11.2. The molecule has 24 heavy (non-hydrogen) atoms. The Labute approximate surface area is 156 Å². The van der Waals surface area contributed by atoms with Crippen molar-refractivity contribution in [2.45, 2.75) is 9.79 Å². The van der Waals surface area contributed by atoms with Crippen molar-refractivity contribution in [2.75, 3.05) is 0 Å². The van der Waals surface area contributed by atoms with Crippen molar-refractivity contribution in [1.82, 2.24) is 4.98 Å². The molecule has 0 saturated carbocycles. The summed E-state index contributed by atoms with van der Waals surface area (Å²) in [5.74, 6) is -0.700. The zero-order valence-electron chi connectivity index (χ0n) is 11.5. The second-order valence-electron chi connectivity index (χ2n) is 4.83. The van der Waals surface area contributed by atoms with E-state index in [1.165, 1.54) is 24.3 Å². The van der Waals surface area contributed by atoms with E-state index in [-0.39, 0.29) is 40.8 Å². The van der Waals surface area contributed by atoms with Crippen LogP contribution < -0.4 is 0 Å². The van der Waals surface area contributed by atoms with Crippen LogP contribution in [0.2, 0.25) is 20.1 Å². The highest BCUT2D eigenvalue weighted by Crippen LogP contribution is 2.35. The van der Waals surface area contributed by atoms with Crippen molar-refractivity contribution in [3.05, 3.63) is 62.4 Å². The van der Waals surface area contributed by atoms with Crippen LogP contribution in [0, 0.1) is 5.82 Å². The Hall–Kier alpha value is -1.11. The highest BCUT2D eigenvalue weighted by atomic mass is 35.5. The normalized spacial score (nSPS) is 11.9. The SMILES string of the molecule is O=S(=O)(c1cc(Cl)cc(Cl)c1)c1cnc2c(F)cc(Cl)cc2c1Cl. The largest absolute Gasteiger partial charge is 0.252 e. The van der Waals surface area contributed by atoms with Crippen molar-refractivity contribution in [1.29, 1.82) is 0 Å². The monoisotopic (exact) mass is 423 g/mol. The summed E-state index contributed by atoms with van der Waals surface area (Å²) in [5.41, 5.74) is -0.0764. The van der Waals surface area contributed by atoms with Crippen LogP contribution in [0.1, 0.15) is 0 Å². The molecule has 0 radical (unpaired) electrons. The third-order valence-electron chi connectivity index (χ3n) is 3.23. The number of aromatic nitrogens is 1. The second kappa shape index (κ2) is 6.32. The lowest BCUT2D eigenvalue weighted by atomic mass is 10.2. The Kier molecular flexibility index (Phi) is 4.66. The lowest BCUT2D eigenvalue weighted by molar-refractivity contribution is 0.595. The summed E-state index contributed by atoms with van der Waals surface area (Å²) in [7, 11) is -4.06. The third-order valence-corrected chi connectivity index (χ3v) is 6.15.